The van der Waals surface area contributed by atoms with Gasteiger partial charge < -0.3 is 5.73 Å². The summed E-state index contributed by atoms with van der Waals surface area (Å²) in [5.74, 6) is 0.562. The zero-order valence-electron chi connectivity index (χ0n) is 7.26. The standard InChI is InChI=1S/C10H14BrN/c1-8(5-6-12)9-3-2-4-10(11)7-9/h2-4,7-8H,5-6,12H2,1H3. The highest BCUT2D eigenvalue weighted by molar-refractivity contribution is 9.10. The first-order valence-electron chi connectivity index (χ1n) is 4.19. The zero-order chi connectivity index (χ0) is 8.97. The normalized spacial score (nSPS) is 12.9. The Morgan fingerprint density at radius 2 is 2.25 bits per heavy atom. The van der Waals surface area contributed by atoms with Crippen LogP contribution in [0.2, 0.25) is 0 Å². The fourth-order valence-electron chi connectivity index (χ4n) is 1.23. The summed E-state index contributed by atoms with van der Waals surface area (Å²) < 4.78 is 1.14. The molecular formula is C10H14BrN. The summed E-state index contributed by atoms with van der Waals surface area (Å²) in [6, 6.07) is 8.40. The Balaban J connectivity index is 2.73. The van der Waals surface area contributed by atoms with Crippen LogP contribution in [-0.2, 0) is 0 Å². The number of rotatable bonds is 3. The van der Waals surface area contributed by atoms with Gasteiger partial charge in [-0.25, -0.2) is 0 Å². The molecule has 66 valence electrons. The maximum absolute atomic E-state index is 5.49. The van der Waals surface area contributed by atoms with Crippen molar-refractivity contribution in [3.63, 3.8) is 0 Å². The molecule has 0 radical (unpaired) electrons. The van der Waals surface area contributed by atoms with Crippen LogP contribution in [0, 0.1) is 0 Å². The van der Waals surface area contributed by atoms with Gasteiger partial charge in [-0.15, -0.1) is 0 Å². The molecule has 0 saturated carbocycles. The van der Waals surface area contributed by atoms with Crippen LogP contribution in [0.5, 0.6) is 0 Å². The average molecular weight is 228 g/mol. The van der Waals surface area contributed by atoms with Crippen molar-refractivity contribution in [2.75, 3.05) is 6.54 Å². The largest absolute Gasteiger partial charge is 0.330 e. The quantitative estimate of drug-likeness (QED) is 0.845. The molecule has 0 aliphatic rings. The molecule has 1 aromatic carbocycles. The fourth-order valence-corrected chi connectivity index (χ4v) is 1.65. The van der Waals surface area contributed by atoms with E-state index in [-0.39, 0.29) is 0 Å². The third-order valence-corrected chi connectivity index (χ3v) is 2.51. The summed E-state index contributed by atoms with van der Waals surface area (Å²) in [5, 5.41) is 0. The molecular weight excluding hydrogens is 214 g/mol. The fraction of sp³-hybridized carbons (Fsp3) is 0.400. The van der Waals surface area contributed by atoms with E-state index in [0.717, 1.165) is 17.4 Å². The van der Waals surface area contributed by atoms with Crippen molar-refractivity contribution < 1.29 is 0 Å². The molecule has 2 N–H and O–H groups in total. The Labute approximate surface area is 82.1 Å². The zero-order valence-corrected chi connectivity index (χ0v) is 8.84. The molecule has 0 heterocycles. The van der Waals surface area contributed by atoms with Crippen LogP contribution in [0.3, 0.4) is 0 Å². The molecule has 0 spiro atoms. The SMILES string of the molecule is CC(CCN)c1cccc(Br)c1. The Morgan fingerprint density at radius 3 is 2.83 bits per heavy atom. The van der Waals surface area contributed by atoms with Gasteiger partial charge in [0.05, 0.1) is 0 Å². The van der Waals surface area contributed by atoms with Crippen LogP contribution in [0.4, 0.5) is 0 Å². The molecule has 0 saturated heterocycles. The third-order valence-electron chi connectivity index (χ3n) is 2.02. The van der Waals surface area contributed by atoms with Gasteiger partial charge in [-0.1, -0.05) is 35.0 Å². The van der Waals surface area contributed by atoms with Crippen LogP contribution in [0.25, 0.3) is 0 Å². The first kappa shape index (κ1) is 9.75. The van der Waals surface area contributed by atoms with Crippen LogP contribution >= 0.6 is 15.9 Å². The van der Waals surface area contributed by atoms with Gasteiger partial charge >= 0.3 is 0 Å². The van der Waals surface area contributed by atoms with Crippen molar-refractivity contribution in [1.29, 1.82) is 0 Å². The molecule has 1 atom stereocenters. The maximum Gasteiger partial charge on any atom is 0.0178 e. The molecule has 0 bridgehead atoms. The van der Waals surface area contributed by atoms with E-state index >= 15 is 0 Å². The average Bonchev–Trinajstić information content (AvgIpc) is 2.05. The Bertz CT molecular complexity index is 247. The smallest absolute Gasteiger partial charge is 0.0178 e. The predicted molar refractivity (Wildman–Crippen MR) is 56.2 cm³/mol. The molecule has 0 aliphatic heterocycles. The van der Waals surface area contributed by atoms with E-state index in [9.17, 15) is 0 Å². The second kappa shape index (κ2) is 4.63. The van der Waals surface area contributed by atoms with Gasteiger partial charge in [-0.05, 0) is 36.6 Å². The summed E-state index contributed by atoms with van der Waals surface area (Å²) in [6.45, 7) is 2.96. The van der Waals surface area contributed by atoms with Crippen molar-refractivity contribution >= 4 is 15.9 Å². The number of benzene rings is 1. The molecule has 2 heteroatoms. The lowest BCUT2D eigenvalue weighted by molar-refractivity contribution is 0.690. The minimum atomic E-state index is 0.562. The van der Waals surface area contributed by atoms with Crippen molar-refractivity contribution in [1.82, 2.24) is 0 Å². The molecule has 0 amide bonds. The third kappa shape index (κ3) is 2.61. The molecule has 0 aliphatic carbocycles. The minimum Gasteiger partial charge on any atom is -0.330 e. The van der Waals surface area contributed by atoms with Crippen LogP contribution in [0.15, 0.2) is 28.7 Å². The first-order chi connectivity index (χ1) is 5.74. The summed E-state index contributed by atoms with van der Waals surface area (Å²) in [6.07, 6.45) is 1.05. The molecule has 1 aromatic rings. The molecule has 1 unspecified atom stereocenters. The lowest BCUT2D eigenvalue weighted by Crippen LogP contribution is -2.04. The Hall–Kier alpha value is -0.340. The summed E-state index contributed by atoms with van der Waals surface area (Å²) in [4.78, 5) is 0. The maximum atomic E-state index is 5.49. The van der Waals surface area contributed by atoms with Gasteiger partial charge in [0.2, 0.25) is 0 Å². The van der Waals surface area contributed by atoms with Gasteiger partial charge in [0.25, 0.3) is 0 Å². The molecule has 12 heavy (non-hydrogen) atoms. The number of halogens is 1. The monoisotopic (exact) mass is 227 g/mol. The van der Waals surface area contributed by atoms with Crippen LogP contribution < -0.4 is 5.73 Å². The molecule has 0 aromatic heterocycles. The summed E-state index contributed by atoms with van der Waals surface area (Å²) >= 11 is 3.45. The summed E-state index contributed by atoms with van der Waals surface area (Å²) in [5.41, 5.74) is 6.85. The highest BCUT2D eigenvalue weighted by Crippen LogP contribution is 2.21. The lowest BCUT2D eigenvalue weighted by Gasteiger charge is -2.09. The summed E-state index contributed by atoms with van der Waals surface area (Å²) in [7, 11) is 0. The predicted octanol–water partition coefficient (Wildman–Crippen LogP) is 2.90. The van der Waals surface area contributed by atoms with Crippen LogP contribution in [0.1, 0.15) is 24.8 Å². The second-order valence-corrected chi connectivity index (χ2v) is 3.95. The van der Waals surface area contributed by atoms with E-state index in [0.29, 0.717) is 5.92 Å². The van der Waals surface area contributed by atoms with Gasteiger partial charge in [0.15, 0.2) is 0 Å². The number of nitrogens with two attached hydrogens (primary N) is 1. The van der Waals surface area contributed by atoms with Crippen molar-refractivity contribution in [3.8, 4) is 0 Å². The number of hydrogen-bond donors (Lipinski definition) is 1. The van der Waals surface area contributed by atoms with Crippen molar-refractivity contribution in [2.24, 2.45) is 5.73 Å². The Kier molecular flexibility index (Phi) is 3.76. The van der Waals surface area contributed by atoms with E-state index in [1.807, 2.05) is 6.07 Å². The van der Waals surface area contributed by atoms with Crippen molar-refractivity contribution in [2.45, 2.75) is 19.3 Å². The van der Waals surface area contributed by atoms with Gasteiger partial charge in [0, 0.05) is 4.47 Å². The molecule has 0 fully saturated rings. The highest BCUT2D eigenvalue weighted by atomic mass is 79.9. The highest BCUT2D eigenvalue weighted by Gasteiger charge is 2.03. The minimum absolute atomic E-state index is 0.562. The topological polar surface area (TPSA) is 26.0 Å². The van der Waals surface area contributed by atoms with E-state index in [2.05, 4.69) is 41.1 Å². The first-order valence-corrected chi connectivity index (χ1v) is 4.99. The lowest BCUT2D eigenvalue weighted by atomic mass is 9.98. The van der Waals surface area contributed by atoms with E-state index in [1.54, 1.807) is 0 Å². The van der Waals surface area contributed by atoms with Crippen molar-refractivity contribution in [3.05, 3.63) is 34.3 Å². The van der Waals surface area contributed by atoms with Gasteiger partial charge in [-0.2, -0.15) is 0 Å². The van der Waals surface area contributed by atoms with Crippen LogP contribution in [-0.4, -0.2) is 6.54 Å². The van der Waals surface area contributed by atoms with Gasteiger partial charge in [0.1, 0.15) is 0 Å². The second-order valence-electron chi connectivity index (χ2n) is 3.03. The molecule has 1 rings (SSSR count). The van der Waals surface area contributed by atoms with E-state index in [1.165, 1.54) is 5.56 Å². The van der Waals surface area contributed by atoms with Gasteiger partial charge in [-0.3, -0.25) is 0 Å². The Morgan fingerprint density at radius 1 is 1.50 bits per heavy atom. The van der Waals surface area contributed by atoms with E-state index < -0.39 is 0 Å². The number of hydrogen-bond acceptors (Lipinski definition) is 1. The van der Waals surface area contributed by atoms with E-state index in [4.69, 9.17) is 5.73 Å². The molecule has 1 nitrogen and oxygen atoms in total.